The molecule has 3 aromatic rings. The number of H-pyrrole nitrogens is 1. The maximum Gasteiger partial charge on any atom is 0.262 e. The van der Waals surface area contributed by atoms with E-state index in [1.165, 1.54) is 16.7 Å². The molecule has 0 atom stereocenters. The van der Waals surface area contributed by atoms with Crippen molar-refractivity contribution in [3.8, 4) is 5.88 Å². The lowest BCUT2D eigenvalue weighted by atomic mass is 10.0. The highest BCUT2D eigenvalue weighted by Crippen LogP contribution is 2.38. The molecule has 0 spiro atoms. The summed E-state index contributed by atoms with van der Waals surface area (Å²) in [6, 6.07) is 11.6. The summed E-state index contributed by atoms with van der Waals surface area (Å²) >= 11 is 8.67. The molecule has 0 amide bonds. The Labute approximate surface area is 179 Å². The summed E-state index contributed by atoms with van der Waals surface area (Å²) in [5.41, 5.74) is 3.47. The highest BCUT2D eigenvalue weighted by atomic mass is 79.9. The number of aromatic nitrogens is 2. The second-order valence-corrected chi connectivity index (χ2v) is 7.93. The number of fused-ring (bicyclic) bond motifs is 1. The van der Waals surface area contributed by atoms with Gasteiger partial charge in [0.2, 0.25) is 5.88 Å². The molecular formula is C21H15BrFN3O2S. The maximum atomic E-state index is 13.2. The van der Waals surface area contributed by atoms with E-state index in [-0.39, 0.29) is 28.6 Å². The van der Waals surface area contributed by atoms with Gasteiger partial charge in [-0.15, -0.1) is 0 Å². The molecule has 0 saturated carbocycles. The number of aromatic amines is 1. The molecule has 2 heterocycles. The van der Waals surface area contributed by atoms with Gasteiger partial charge in [-0.05, 0) is 61.1 Å². The van der Waals surface area contributed by atoms with Gasteiger partial charge in [-0.1, -0.05) is 28.1 Å². The standard InChI is InChI=1S/C21H15BrFN3O2S/c1-11-15(16-8-13(22)4-7-18(16)24-11)9-17-19(27)25-21(29)26(20(17)28)10-12-2-5-14(23)6-3-12/h2-9,28H,10H2,1H3,(H,25,27,29)/b15-9-. The van der Waals surface area contributed by atoms with Crippen molar-refractivity contribution < 1.29 is 9.50 Å². The van der Waals surface area contributed by atoms with E-state index in [9.17, 15) is 14.3 Å². The van der Waals surface area contributed by atoms with Crippen LogP contribution in [0, 0.1) is 10.6 Å². The maximum absolute atomic E-state index is 13.2. The predicted octanol–water partition coefficient (Wildman–Crippen LogP) is 5.21. The van der Waals surface area contributed by atoms with Crippen LogP contribution in [0.5, 0.6) is 5.88 Å². The highest BCUT2D eigenvalue weighted by Gasteiger charge is 2.20. The molecule has 29 heavy (non-hydrogen) atoms. The average Bonchev–Trinajstić information content (AvgIpc) is 2.98. The van der Waals surface area contributed by atoms with E-state index in [0.717, 1.165) is 32.6 Å². The summed E-state index contributed by atoms with van der Waals surface area (Å²) in [4.78, 5) is 19.7. The topological polar surface area (TPSA) is 70.4 Å². The van der Waals surface area contributed by atoms with Crippen molar-refractivity contribution in [2.45, 2.75) is 13.5 Å². The average molecular weight is 472 g/mol. The van der Waals surface area contributed by atoms with Gasteiger partial charge in [-0.3, -0.25) is 19.3 Å². The van der Waals surface area contributed by atoms with Gasteiger partial charge < -0.3 is 5.11 Å². The Morgan fingerprint density at radius 1 is 1.28 bits per heavy atom. The van der Waals surface area contributed by atoms with Crippen LogP contribution in [0.1, 0.15) is 23.6 Å². The van der Waals surface area contributed by atoms with Gasteiger partial charge in [0.15, 0.2) is 4.77 Å². The van der Waals surface area contributed by atoms with Crippen molar-refractivity contribution in [3.63, 3.8) is 0 Å². The first-order chi connectivity index (χ1) is 13.8. The van der Waals surface area contributed by atoms with Crippen LogP contribution >= 0.6 is 28.1 Å². The Morgan fingerprint density at radius 2 is 2.00 bits per heavy atom. The second-order valence-electron chi connectivity index (χ2n) is 6.63. The summed E-state index contributed by atoms with van der Waals surface area (Å²) in [5, 5.41) is 10.8. The zero-order valence-corrected chi connectivity index (χ0v) is 17.6. The van der Waals surface area contributed by atoms with Crippen molar-refractivity contribution in [2.75, 3.05) is 0 Å². The van der Waals surface area contributed by atoms with E-state index in [1.54, 1.807) is 18.2 Å². The van der Waals surface area contributed by atoms with Crippen LogP contribution in [-0.4, -0.2) is 20.4 Å². The number of benzene rings is 2. The smallest absolute Gasteiger partial charge is 0.262 e. The Kier molecular flexibility index (Phi) is 5.06. The molecule has 0 saturated heterocycles. The van der Waals surface area contributed by atoms with Crippen LogP contribution in [0.2, 0.25) is 0 Å². The molecule has 0 aliphatic carbocycles. The Hall–Kier alpha value is -2.84. The van der Waals surface area contributed by atoms with Gasteiger partial charge in [0.05, 0.1) is 12.2 Å². The molecule has 4 rings (SSSR count). The molecular weight excluding hydrogens is 457 g/mol. The van der Waals surface area contributed by atoms with Crippen molar-refractivity contribution >= 4 is 51.2 Å². The molecule has 5 nitrogen and oxygen atoms in total. The summed E-state index contributed by atoms with van der Waals surface area (Å²) in [6.07, 6.45) is 1.61. The van der Waals surface area contributed by atoms with Crippen LogP contribution in [0.15, 0.2) is 56.7 Å². The van der Waals surface area contributed by atoms with E-state index in [0.29, 0.717) is 0 Å². The lowest BCUT2D eigenvalue weighted by molar-refractivity contribution is 0.411. The van der Waals surface area contributed by atoms with Crippen molar-refractivity contribution in [1.29, 1.82) is 0 Å². The lowest BCUT2D eigenvalue weighted by Crippen LogP contribution is -2.17. The van der Waals surface area contributed by atoms with E-state index < -0.39 is 5.56 Å². The Balaban J connectivity index is 1.84. The molecule has 1 aliphatic heterocycles. The fraction of sp³-hybridized carbons (Fsp3) is 0.0952. The number of aromatic hydroxyl groups is 1. The zero-order valence-electron chi connectivity index (χ0n) is 15.2. The number of nitrogens with one attached hydrogen (secondary N) is 1. The number of aliphatic imine (C=N–C) groups is 1. The largest absolute Gasteiger partial charge is 0.494 e. The third-order valence-electron chi connectivity index (χ3n) is 4.68. The zero-order chi connectivity index (χ0) is 20.7. The molecule has 0 radical (unpaired) electrons. The van der Waals surface area contributed by atoms with Gasteiger partial charge in [-0.2, -0.15) is 0 Å². The number of rotatable bonds is 3. The molecule has 146 valence electrons. The molecule has 0 fully saturated rings. The quantitative estimate of drug-likeness (QED) is 0.515. The van der Waals surface area contributed by atoms with Crippen molar-refractivity contribution in [1.82, 2.24) is 9.55 Å². The number of halogens is 2. The molecule has 1 aromatic heterocycles. The third kappa shape index (κ3) is 3.73. The van der Waals surface area contributed by atoms with Crippen LogP contribution in [0.3, 0.4) is 0 Å². The van der Waals surface area contributed by atoms with Crippen LogP contribution in [0.4, 0.5) is 10.1 Å². The fourth-order valence-corrected chi connectivity index (χ4v) is 3.81. The normalized spacial score (nSPS) is 14.2. The molecule has 0 bridgehead atoms. The van der Waals surface area contributed by atoms with Gasteiger partial charge in [-0.25, -0.2) is 4.39 Å². The monoisotopic (exact) mass is 471 g/mol. The van der Waals surface area contributed by atoms with Crippen molar-refractivity contribution in [2.24, 2.45) is 4.99 Å². The molecule has 2 N–H and O–H groups in total. The minimum Gasteiger partial charge on any atom is -0.494 e. The number of nitrogens with zero attached hydrogens (tertiary/aromatic N) is 2. The lowest BCUT2D eigenvalue weighted by Gasteiger charge is -2.12. The van der Waals surface area contributed by atoms with Crippen LogP contribution in [0.25, 0.3) is 11.6 Å². The summed E-state index contributed by atoms with van der Waals surface area (Å²) < 4.78 is 15.5. The van der Waals surface area contributed by atoms with E-state index in [1.807, 2.05) is 25.1 Å². The second kappa shape index (κ2) is 7.53. The molecule has 1 aliphatic rings. The number of hydrogen-bond acceptors (Lipinski definition) is 4. The Morgan fingerprint density at radius 3 is 2.72 bits per heavy atom. The fourth-order valence-electron chi connectivity index (χ4n) is 3.21. The number of allylic oxidation sites excluding steroid dienone is 1. The first kappa shape index (κ1) is 19.5. The van der Waals surface area contributed by atoms with Crippen molar-refractivity contribution in [3.05, 3.63) is 84.6 Å². The minimum absolute atomic E-state index is 0.0816. The van der Waals surface area contributed by atoms with Gasteiger partial charge >= 0.3 is 0 Å². The SMILES string of the molecule is CC1=Nc2ccc(Br)cc2/C1=C\c1c(O)n(Cc2ccc(F)cc2)c(=S)[nH]c1=O. The molecule has 8 heteroatoms. The summed E-state index contributed by atoms with van der Waals surface area (Å²) in [7, 11) is 0. The van der Waals surface area contributed by atoms with Crippen LogP contribution < -0.4 is 5.56 Å². The van der Waals surface area contributed by atoms with Gasteiger partial charge in [0.1, 0.15) is 11.4 Å². The first-order valence-electron chi connectivity index (χ1n) is 8.71. The minimum atomic E-state index is -0.494. The Bertz CT molecular complexity index is 1310. The first-order valence-corrected chi connectivity index (χ1v) is 9.91. The van der Waals surface area contributed by atoms with Gasteiger partial charge in [0, 0.05) is 21.3 Å². The van der Waals surface area contributed by atoms with E-state index in [4.69, 9.17) is 12.2 Å². The van der Waals surface area contributed by atoms with E-state index >= 15 is 0 Å². The number of hydrogen-bond donors (Lipinski definition) is 2. The third-order valence-corrected chi connectivity index (χ3v) is 5.49. The van der Waals surface area contributed by atoms with E-state index in [2.05, 4.69) is 25.9 Å². The van der Waals surface area contributed by atoms with Crippen LogP contribution in [-0.2, 0) is 6.54 Å². The highest BCUT2D eigenvalue weighted by molar-refractivity contribution is 9.10. The van der Waals surface area contributed by atoms with Gasteiger partial charge in [0.25, 0.3) is 5.56 Å². The summed E-state index contributed by atoms with van der Waals surface area (Å²) in [6.45, 7) is 2.03. The molecule has 2 aromatic carbocycles. The predicted molar refractivity (Wildman–Crippen MR) is 118 cm³/mol. The summed E-state index contributed by atoms with van der Waals surface area (Å²) in [5.74, 6) is -0.610. The molecule has 0 unspecified atom stereocenters.